The third-order valence-electron chi connectivity index (χ3n) is 3.98. The number of carbonyl (C=O) groups is 1. The zero-order chi connectivity index (χ0) is 13.9. The van der Waals surface area contributed by atoms with Crippen LogP contribution in [0, 0.1) is 5.92 Å². The first kappa shape index (κ1) is 13.6. The highest BCUT2D eigenvalue weighted by atomic mass is 79.9. The van der Waals surface area contributed by atoms with Gasteiger partial charge < -0.3 is 4.74 Å². The Balaban J connectivity index is 1.68. The van der Waals surface area contributed by atoms with Crippen LogP contribution in [0.4, 0.5) is 0 Å². The maximum absolute atomic E-state index is 11.6. The normalized spacial score (nSPS) is 18.6. The number of halogens is 1. The molecule has 0 radical (unpaired) electrons. The summed E-state index contributed by atoms with van der Waals surface area (Å²) in [6.07, 6.45) is 3.66. The van der Waals surface area contributed by atoms with E-state index >= 15 is 0 Å². The molecule has 1 unspecified atom stereocenters. The van der Waals surface area contributed by atoms with Gasteiger partial charge in [0.05, 0.1) is 11.1 Å². The molecule has 20 heavy (non-hydrogen) atoms. The van der Waals surface area contributed by atoms with Crippen molar-refractivity contribution in [2.45, 2.75) is 25.7 Å². The SMILES string of the molecule is O=C1CCCC1CCOc1ccc2ccccc2c1Br. The molecule has 0 saturated heterocycles. The van der Waals surface area contributed by atoms with Crippen molar-refractivity contribution < 1.29 is 9.53 Å². The second-order valence-corrected chi connectivity index (χ2v) is 6.08. The number of fused-ring (bicyclic) bond motifs is 1. The summed E-state index contributed by atoms with van der Waals surface area (Å²) in [7, 11) is 0. The molecule has 3 heteroatoms. The molecule has 2 aromatic carbocycles. The lowest BCUT2D eigenvalue weighted by molar-refractivity contribution is -0.121. The Labute approximate surface area is 127 Å². The Kier molecular flexibility index (Phi) is 4.06. The van der Waals surface area contributed by atoms with Gasteiger partial charge in [0.25, 0.3) is 0 Å². The molecule has 2 nitrogen and oxygen atoms in total. The number of ketones is 1. The van der Waals surface area contributed by atoms with Gasteiger partial charge in [-0.2, -0.15) is 0 Å². The van der Waals surface area contributed by atoms with Gasteiger partial charge in [-0.15, -0.1) is 0 Å². The van der Waals surface area contributed by atoms with Crippen molar-refractivity contribution >= 4 is 32.5 Å². The van der Waals surface area contributed by atoms with E-state index in [0.717, 1.165) is 41.3 Å². The van der Waals surface area contributed by atoms with Gasteiger partial charge in [0.1, 0.15) is 11.5 Å². The Morgan fingerprint density at radius 1 is 1.20 bits per heavy atom. The van der Waals surface area contributed by atoms with Crippen molar-refractivity contribution in [2.24, 2.45) is 5.92 Å². The van der Waals surface area contributed by atoms with E-state index in [9.17, 15) is 4.79 Å². The van der Waals surface area contributed by atoms with Crippen LogP contribution < -0.4 is 4.74 Å². The van der Waals surface area contributed by atoms with E-state index in [1.807, 2.05) is 18.2 Å². The van der Waals surface area contributed by atoms with Crippen molar-refractivity contribution in [3.8, 4) is 5.75 Å². The highest BCUT2D eigenvalue weighted by Crippen LogP contribution is 2.33. The Bertz CT molecular complexity index is 636. The predicted molar refractivity (Wildman–Crippen MR) is 84.1 cm³/mol. The van der Waals surface area contributed by atoms with Gasteiger partial charge in [-0.1, -0.05) is 30.3 Å². The molecule has 0 spiro atoms. The number of Topliss-reactive ketones (excluding diaryl/α,β-unsaturated/α-hetero) is 1. The summed E-state index contributed by atoms with van der Waals surface area (Å²) < 4.78 is 6.85. The number of benzene rings is 2. The molecule has 104 valence electrons. The molecule has 1 fully saturated rings. The van der Waals surface area contributed by atoms with Crippen LogP contribution in [0.25, 0.3) is 10.8 Å². The number of carbonyl (C=O) groups excluding carboxylic acids is 1. The third kappa shape index (κ3) is 2.73. The van der Waals surface area contributed by atoms with Gasteiger partial charge in [0.2, 0.25) is 0 Å². The summed E-state index contributed by atoms with van der Waals surface area (Å²) in [6.45, 7) is 0.605. The molecule has 0 heterocycles. The first-order valence-electron chi connectivity index (χ1n) is 7.08. The minimum absolute atomic E-state index is 0.217. The van der Waals surface area contributed by atoms with Gasteiger partial charge in [-0.05, 0) is 52.0 Å². The lowest BCUT2D eigenvalue weighted by atomic mass is 10.0. The average molecular weight is 333 g/mol. The molecule has 0 N–H and O–H groups in total. The summed E-state index contributed by atoms with van der Waals surface area (Å²) in [5, 5.41) is 2.35. The Morgan fingerprint density at radius 3 is 2.85 bits per heavy atom. The first-order chi connectivity index (χ1) is 9.75. The fraction of sp³-hybridized carbons (Fsp3) is 0.353. The van der Waals surface area contributed by atoms with Crippen LogP contribution in [0.2, 0.25) is 0 Å². The van der Waals surface area contributed by atoms with E-state index < -0.39 is 0 Å². The van der Waals surface area contributed by atoms with Gasteiger partial charge >= 0.3 is 0 Å². The monoisotopic (exact) mass is 332 g/mol. The highest BCUT2D eigenvalue weighted by Gasteiger charge is 2.23. The maximum Gasteiger partial charge on any atom is 0.136 e. The van der Waals surface area contributed by atoms with E-state index in [0.29, 0.717) is 12.4 Å². The van der Waals surface area contributed by atoms with Gasteiger partial charge in [-0.25, -0.2) is 0 Å². The zero-order valence-electron chi connectivity index (χ0n) is 11.3. The largest absolute Gasteiger partial charge is 0.492 e. The molecule has 0 aromatic heterocycles. The number of hydrogen-bond acceptors (Lipinski definition) is 2. The number of rotatable bonds is 4. The van der Waals surface area contributed by atoms with E-state index in [-0.39, 0.29) is 5.92 Å². The molecule has 0 aliphatic heterocycles. The zero-order valence-corrected chi connectivity index (χ0v) is 12.9. The van der Waals surface area contributed by atoms with Crippen LogP contribution in [0.5, 0.6) is 5.75 Å². The molecule has 3 rings (SSSR count). The average Bonchev–Trinajstić information content (AvgIpc) is 2.87. The number of hydrogen-bond donors (Lipinski definition) is 0. The summed E-state index contributed by atoms with van der Waals surface area (Å²) >= 11 is 3.62. The quantitative estimate of drug-likeness (QED) is 0.808. The Morgan fingerprint density at radius 2 is 2.05 bits per heavy atom. The second-order valence-electron chi connectivity index (χ2n) is 5.29. The molecule has 1 aliphatic rings. The van der Waals surface area contributed by atoms with Gasteiger partial charge in [0, 0.05) is 12.3 Å². The van der Waals surface area contributed by atoms with Crippen molar-refractivity contribution in [1.82, 2.24) is 0 Å². The van der Waals surface area contributed by atoms with E-state index in [4.69, 9.17) is 4.74 Å². The van der Waals surface area contributed by atoms with Crippen LogP contribution in [-0.4, -0.2) is 12.4 Å². The summed E-state index contributed by atoms with van der Waals surface area (Å²) in [6, 6.07) is 12.3. The van der Waals surface area contributed by atoms with Crippen LogP contribution in [0.1, 0.15) is 25.7 Å². The second kappa shape index (κ2) is 5.96. The molecule has 0 bridgehead atoms. The third-order valence-corrected chi connectivity index (χ3v) is 4.80. The van der Waals surface area contributed by atoms with Crippen LogP contribution in [-0.2, 0) is 4.79 Å². The van der Waals surface area contributed by atoms with Crippen LogP contribution >= 0.6 is 15.9 Å². The summed E-state index contributed by atoms with van der Waals surface area (Å²) in [4.78, 5) is 11.6. The van der Waals surface area contributed by atoms with E-state index in [1.165, 1.54) is 5.39 Å². The molecular formula is C17H17BrO2. The molecule has 1 atom stereocenters. The maximum atomic E-state index is 11.6. The van der Waals surface area contributed by atoms with Gasteiger partial charge in [0.15, 0.2) is 0 Å². The predicted octanol–water partition coefficient (Wildman–Crippen LogP) is 4.74. The molecule has 2 aromatic rings. The lowest BCUT2D eigenvalue weighted by Crippen LogP contribution is -2.11. The minimum Gasteiger partial charge on any atom is -0.492 e. The van der Waals surface area contributed by atoms with Gasteiger partial charge in [-0.3, -0.25) is 4.79 Å². The fourth-order valence-electron chi connectivity index (χ4n) is 2.83. The van der Waals surface area contributed by atoms with Crippen molar-refractivity contribution in [3.63, 3.8) is 0 Å². The molecule has 0 amide bonds. The first-order valence-corrected chi connectivity index (χ1v) is 7.88. The lowest BCUT2D eigenvalue weighted by Gasteiger charge is -2.12. The molecule has 1 aliphatic carbocycles. The highest BCUT2D eigenvalue weighted by molar-refractivity contribution is 9.10. The standard InChI is InChI=1S/C17H17BrO2/c18-17-14-6-2-1-4-12(14)8-9-16(17)20-11-10-13-5-3-7-15(13)19/h1-2,4,6,8-9,13H,3,5,7,10-11H2. The Hall–Kier alpha value is -1.35. The van der Waals surface area contributed by atoms with E-state index in [2.05, 4.69) is 34.1 Å². The van der Waals surface area contributed by atoms with Crippen LogP contribution in [0.3, 0.4) is 0 Å². The minimum atomic E-state index is 0.217. The van der Waals surface area contributed by atoms with Crippen molar-refractivity contribution in [3.05, 3.63) is 40.9 Å². The van der Waals surface area contributed by atoms with Crippen molar-refractivity contribution in [1.29, 1.82) is 0 Å². The summed E-state index contributed by atoms with van der Waals surface area (Å²) in [5.41, 5.74) is 0. The molecule has 1 saturated carbocycles. The fourth-order valence-corrected chi connectivity index (χ4v) is 3.44. The van der Waals surface area contributed by atoms with E-state index in [1.54, 1.807) is 0 Å². The van der Waals surface area contributed by atoms with Crippen molar-refractivity contribution in [2.75, 3.05) is 6.61 Å². The summed E-state index contributed by atoms with van der Waals surface area (Å²) in [5.74, 6) is 1.48. The topological polar surface area (TPSA) is 26.3 Å². The smallest absolute Gasteiger partial charge is 0.136 e. The molecular weight excluding hydrogens is 316 g/mol. The van der Waals surface area contributed by atoms with Crippen LogP contribution in [0.15, 0.2) is 40.9 Å². The number of ether oxygens (including phenoxy) is 1.